The van der Waals surface area contributed by atoms with Crippen molar-refractivity contribution in [2.75, 3.05) is 20.2 Å². The highest BCUT2D eigenvalue weighted by Crippen LogP contribution is 2.47. The SMILES string of the molecule is CCOc1noc(C2CC3CCC2N(C(=O)N(C)C2CC2c2ccccc2)C3)n1. The molecule has 5 unspecified atom stereocenters. The van der Waals surface area contributed by atoms with E-state index in [0.29, 0.717) is 30.3 Å². The number of hydrogen-bond donors (Lipinski definition) is 0. The van der Waals surface area contributed by atoms with Gasteiger partial charge in [0.05, 0.1) is 12.5 Å². The molecule has 2 bridgehead atoms. The van der Waals surface area contributed by atoms with Crippen molar-refractivity contribution in [2.45, 2.75) is 56.5 Å². The Kier molecular flexibility index (Phi) is 4.68. The molecule has 2 aliphatic carbocycles. The van der Waals surface area contributed by atoms with Crippen molar-refractivity contribution in [2.24, 2.45) is 5.92 Å². The summed E-state index contributed by atoms with van der Waals surface area (Å²) in [7, 11) is 1.95. The van der Waals surface area contributed by atoms with Gasteiger partial charge in [-0.25, -0.2) is 4.79 Å². The van der Waals surface area contributed by atoms with E-state index in [9.17, 15) is 4.79 Å². The highest BCUT2D eigenvalue weighted by Gasteiger charge is 2.49. The van der Waals surface area contributed by atoms with Crippen LogP contribution in [-0.4, -0.2) is 58.3 Å². The molecule has 0 spiro atoms. The summed E-state index contributed by atoms with van der Waals surface area (Å²) in [4.78, 5) is 21.8. The molecule has 3 heterocycles. The van der Waals surface area contributed by atoms with Gasteiger partial charge in [-0.3, -0.25) is 0 Å². The second-order valence-electron chi connectivity index (χ2n) is 8.57. The molecule has 5 atom stereocenters. The first kappa shape index (κ1) is 18.5. The number of likely N-dealkylation sites (N-methyl/N-ethyl adjacent to an activating group) is 1. The van der Waals surface area contributed by atoms with Crippen molar-refractivity contribution in [1.82, 2.24) is 19.9 Å². The van der Waals surface area contributed by atoms with E-state index in [-0.39, 0.29) is 24.0 Å². The Hall–Kier alpha value is -2.57. The Morgan fingerprint density at radius 3 is 2.83 bits per heavy atom. The van der Waals surface area contributed by atoms with Crippen LogP contribution >= 0.6 is 0 Å². The fourth-order valence-electron chi connectivity index (χ4n) is 5.25. The molecule has 7 nitrogen and oxygen atoms in total. The summed E-state index contributed by atoms with van der Waals surface area (Å²) in [6, 6.07) is 11.3. The topological polar surface area (TPSA) is 71.7 Å². The number of piperidine rings is 2. The van der Waals surface area contributed by atoms with Gasteiger partial charge < -0.3 is 19.1 Å². The zero-order valence-corrected chi connectivity index (χ0v) is 17.0. The lowest BCUT2D eigenvalue weighted by molar-refractivity contribution is 0.0336. The zero-order valence-electron chi connectivity index (χ0n) is 17.0. The van der Waals surface area contributed by atoms with Crippen LogP contribution in [0.4, 0.5) is 4.79 Å². The van der Waals surface area contributed by atoms with Gasteiger partial charge in [-0.05, 0) is 49.2 Å². The standard InChI is InChI=1S/C22H28N4O3/c1-3-28-21-23-20(29-24-21)17-11-14-9-10-18(17)26(13-14)22(27)25(2)19-12-16(19)15-7-5-4-6-8-15/h4-8,14,16-19H,3,9-13H2,1-2H3. The van der Waals surface area contributed by atoms with E-state index in [1.54, 1.807) is 0 Å². The smallest absolute Gasteiger partial charge is 0.354 e. The number of aromatic nitrogens is 2. The van der Waals surface area contributed by atoms with Crippen LogP contribution in [0, 0.1) is 5.92 Å². The maximum Gasteiger partial charge on any atom is 0.354 e. The van der Waals surface area contributed by atoms with Gasteiger partial charge in [0, 0.05) is 31.6 Å². The average molecular weight is 396 g/mol. The Morgan fingerprint density at radius 1 is 1.24 bits per heavy atom. The Bertz CT molecular complexity index is 870. The second kappa shape index (κ2) is 7.35. The highest BCUT2D eigenvalue weighted by atomic mass is 16.5. The number of nitrogens with zero attached hydrogens (tertiary/aromatic N) is 4. The summed E-state index contributed by atoms with van der Waals surface area (Å²) in [6.07, 6.45) is 4.20. The summed E-state index contributed by atoms with van der Waals surface area (Å²) < 4.78 is 10.9. The third-order valence-corrected chi connectivity index (χ3v) is 6.82. The minimum Gasteiger partial charge on any atom is -0.462 e. The van der Waals surface area contributed by atoms with Crippen LogP contribution in [0.1, 0.15) is 55.9 Å². The summed E-state index contributed by atoms with van der Waals surface area (Å²) in [5.41, 5.74) is 1.32. The fourth-order valence-corrected chi connectivity index (χ4v) is 5.25. The van der Waals surface area contributed by atoms with E-state index in [4.69, 9.17) is 9.26 Å². The van der Waals surface area contributed by atoms with Crippen LogP contribution in [0.5, 0.6) is 6.01 Å². The summed E-state index contributed by atoms with van der Waals surface area (Å²) in [6.45, 7) is 3.24. The van der Waals surface area contributed by atoms with E-state index in [2.05, 4.69) is 39.3 Å². The third-order valence-electron chi connectivity index (χ3n) is 6.82. The van der Waals surface area contributed by atoms with Crippen LogP contribution in [0.25, 0.3) is 0 Å². The molecular weight excluding hydrogens is 368 g/mol. The van der Waals surface area contributed by atoms with Crippen LogP contribution in [0.3, 0.4) is 0 Å². The first-order valence-corrected chi connectivity index (χ1v) is 10.7. The van der Waals surface area contributed by atoms with Crippen LogP contribution in [0.2, 0.25) is 0 Å². The summed E-state index contributed by atoms with van der Waals surface area (Å²) in [5, 5.41) is 3.93. The number of hydrogen-bond acceptors (Lipinski definition) is 5. The van der Waals surface area contributed by atoms with Crippen LogP contribution in [-0.2, 0) is 0 Å². The summed E-state index contributed by atoms with van der Waals surface area (Å²) >= 11 is 0. The molecule has 0 radical (unpaired) electrons. The number of rotatable bonds is 5. The van der Waals surface area contributed by atoms with E-state index in [1.165, 1.54) is 5.56 Å². The molecule has 4 aliphatic rings. The van der Waals surface area contributed by atoms with Crippen molar-refractivity contribution in [3.8, 4) is 6.01 Å². The average Bonchev–Trinajstić information content (AvgIpc) is 3.44. The Morgan fingerprint density at radius 2 is 2.07 bits per heavy atom. The van der Waals surface area contributed by atoms with Crippen molar-refractivity contribution in [3.63, 3.8) is 0 Å². The van der Waals surface area contributed by atoms with Gasteiger partial charge in [0.1, 0.15) is 0 Å². The van der Waals surface area contributed by atoms with Crippen molar-refractivity contribution in [3.05, 3.63) is 41.8 Å². The van der Waals surface area contributed by atoms with E-state index in [0.717, 1.165) is 32.2 Å². The molecule has 0 N–H and O–H groups in total. The second-order valence-corrected chi connectivity index (χ2v) is 8.57. The molecule has 29 heavy (non-hydrogen) atoms. The first-order valence-electron chi connectivity index (χ1n) is 10.7. The molecule has 2 aliphatic heterocycles. The molecule has 2 amide bonds. The first-order chi connectivity index (χ1) is 14.2. The van der Waals surface area contributed by atoms with Gasteiger partial charge in [0.2, 0.25) is 5.89 Å². The van der Waals surface area contributed by atoms with Gasteiger partial charge in [-0.1, -0.05) is 30.3 Å². The van der Waals surface area contributed by atoms with Crippen LogP contribution in [0.15, 0.2) is 34.9 Å². The maximum absolute atomic E-state index is 13.4. The molecule has 2 saturated heterocycles. The molecule has 2 aromatic rings. The van der Waals surface area contributed by atoms with Gasteiger partial charge in [0.15, 0.2) is 0 Å². The van der Waals surface area contributed by atoms with Crippen molar-refractivity contribution < 1.29 is 14.1 Å². The van der Waals surface area contributed by atoms with Crippen LogP contribution < -0.4 is 4.74 Å². The Balaban J connectivity index is 1.29. The van der Waals surface area contributed by atoms with Crippen molar-refractivity contribution in [1.29, 1.82) is 0 Å². The fraction of sp³-hybridized carbons (Fsp3) is 0.591. The number of amides is 2. The largest absolute Gasteiger partial charge is 0.462 e. The molecule has 6 rings (SSSR count). The molecule has 7 heteroatoms. The van der Waals surface area contributed by atoms with E-state index in [1.807, 2.05) is 24.9 Å². The monoisotopic (exact) mass is 396 g/mol. The number of carbonyl (C=O) groups excluding carboxylic acids is 1. The number of ether oxygens (including phenoxy) is 1. The van der Waals surface area contributed by atoms with Crippen molar-refractivity contribution >= 4 is 6.03 Å². The molecule has 2 saturated carbocycles. The lowest BCUT2D eigenvalue weighted by Crippen LogP contribution is -2.57. The van der Waals surface area contributed by atoms with Gasteiger partial charge >= 0.3 is 12.0 Å². The Labute approximate surface area is 171 Å². The zero-order chi connectivity index (χ0) is 20.0. The highest BCUT2D eigenvalue weighted by molar-refractivity contribution is 5.76. The molecular formula is C22H28N4O3. The minimum absolute atomic E-state index is 0.102. The molecule has 4 fully saturated rings. The third kappa shape index (κ3) is 3.36. The number of benzene rings is 1. The molecule has 154 valence electrons. The summed E-state index contributed by atoms with van der Waals surface area (Å²) in [5.74, 6) is 1.66. The number of fused-ring (bicyclic) bond motifs is 3. The van der Waals surface area contributed by atoms with Gasteiger partial charge in [0.25, 0.3) is 0 Å². The van der Waals surface area contributed by atoms with E-state index >= 15 is 0 Å². The predicted octanol–water partition coefficient (Wildman–Crippen LogP) is 3.64. The minimum atomic E-state index is 0.102. The molecule has 1 aromatic heterocycles. The number of carbonyl (C=O) groups is 1. The quantitative estimate of drug-likeness (QED) is 0.772. The normalized spacial score (nSPS) is 30.3. The lowest BCUT2D eigenvalue weighted by atomic mass is 9.72. The predicted molar refractivity (Wildman–Crippen MR) is 107 cm³/mol. The lowest BCUT2D eigenvalue weighted by Gasteiger charge is -2.49. The van der Waals surface area contributed by atoms with Gasteiger partial charge in [-0.2, -0.15) is 4.98 Å². The van der Waals surface area contributed by atoms with E-state index < -0.39 is 0 Å². The maximum atomic E-state index is 13.4. The molecule has 1 aromatic carbocycles. The van der Waals surface area contributed by atoms with Gasteiger partial charge in [-0.15, -0.1) is 0 Å². The number of urea groups is 1.